The van der Waals surface area contributed by atoms with E-state index in [2.05, 4.69) is 42.7 Å². The van der Waals surface area contributed by atoms with Gasteiger partial charge in [-0.05, 0) is 66.6 Å². The number of aromatic nitrogens is 4. The van der Waals surface area contributed by atoms with Gasteiger partial charge in [0.2, 0.25) is 5.95 Å². The van der Waals surface area contributed by atoms with Gasteiger partial charge in [-0.15, -0.1) is 0 Å². The summed E-state index contributed by atoms with van der Waals surface area (Å²) in [6, 6.07) is 15.5. The second kappa shape index (κ2) is 14.7. The summed E-state index contributed by atoms with van der Waals surface area (Å²) >= 11 is 0. The second-order valence-corrected chi connectivity index (χ2v) is 9.98. The summed E-state index contributed by atoms with van der Waals surface area (Å²) in [5, 5.41) is 18.0. The highest BCUT2D eigenvalue weighted by atomic mass is 19.2. The quantitative estimate of drug-likeness (QED) is 0.137. The van der Waals surface area contributed by atoms with Gasteiger partial charge < -0.3 is 21.1 Å². The normalized spacial score (nSPS) is 10.6. The van der Waals surface area contributed by atoms with Crippen molar-refractivity contribution in [3.05, 3.63) is 124 Å². The molecule has 5 aromatic rings. The Morgan fingerprint density at radius 2 is 1.76 bits per heavy atom. The average Bonchev–Trinajstić information content (AvgIpc) is 3.06. The number of nitrogens with one attached hydrogen (secondary N) is 3. The van der Waals surface area contributed by atoms with Crippen LogP contribution in [-0.2, 0) is 6.54 Å². The SMILES string of the molecule is O=C(NCCCO)c1ccc(Nc2ncc3cc(C#CCNC(=O)c4cncn(Cc5ccc(F)c(F)c5)c4=O)ccc3n2)cc1. The van der Waals surface area contributed by atoms with Crippen molar-refractivity contribution in [2.45, 2.75) is 13.0 Å². The summed E-state index contributed by atoms with van der Waals surface area (Å²) in [4.78, 5) is 50.3. The molecule has 0 aliphatic carbocycles. The third kappa shape index (κ3) is 7.93. The van der Waals surface area contributed by atoms with Gasteiger partial charge in [-0.1, -0.05) is 17.9 Å². The van der Waals surface area contributed by atoms with E-state index in [4.69, 9.17) is 5.11 Å². The van der Waals surface area contributed by atoms with Crippen LogP contribution in [-0.4, -0.2) is 56.1 Å². The van der Waals surface area contributed by atoms with Gasteiger partial charge >= 0.3 is 0 Å². The standard InChI is InChI=1S/C33H27F2N7O4/c34-27-10-4-22(16-28(27)35)19-42-20-36-18-26(32(42)46)31(45)38-12-1-3-21-5-11-29-24(15-21)17-39-33(41-29)40-25-8-6-23(7-9-25)30(44)37-13-2-14-43/h4-11,15-18,20,43H,2,12-14,19H2,(H,37,44)(H,38,45)(H,39,40,41). The summed E-state index contributed by atoms with van der Waals surface area (Å²) < 4.78 is 27.9. The Bertz CT molecular complexity index is 2020. The third-order valence-electron chi connectivity index (χ3n) is 6.66. The maximum Gasteiger partial charge on any atom is 0.266 e. The molecule has 5 rings (SSSR count). The number of benzene rings is 3. The highest BCUT2D eigenvalue weighted by Crippen LogP contribution is 2.18. The molecule has 2 aromatic heterocycles. The Balaban J connectivity index is 1.17. The minimum absolute atomic E-state index is 0.0119. The molecule has 232 valence electrons. The van der Waals surface area contributed by atoms with Crippen LogP contribution < -0.4 is 21.5 Å². The monoisotopic (exact) mass is 623 g/mol. The number of aliphatic hydroxyl groups is 1. The predicted octanol–water partition coefficient (Wildman–Crippen LogP) is 3.15. The van der Waals surface area contributed by atoms with Crippen LogP contribution in [0.15, 0.2) is 84.2 Å². The van der Waals surface area contributed by atoms with Crippen molar-refractivity contribution in [3.63, 3.8) is 0 Å². The highest BCUT2D eigenvalue weighted by molar-refractivity contribution is 5.94. The topological polar surface area (TPSA) is 151 Å². The van der Waals surface area contributed by atoms with Crippen LogP contribution in [0.5, 0.6) is 0 Å². The van der Waals surface area contributed by atoms with Crippen molar-refractivity contribution < 1.29 is 23.5 Å². The molecule has 11 nitrogen and oxygen atoms in total. The second-order valence-electron chi connectivity index (χ2n) is 9.98. The molecule has 2 heterocycles. The molecule has 46 heavy (non-hydrogen) atoms. The predicted molar refractivity (Wildman–Crippen MR) is 166 cm³/mol. The number of hydrogen-bond donors (Lipinski definition) is 4. The van der Waals surface area contributed by atoms with E-state index in [1.54, 1.807) is 48.7 Å². The van der Waals surface area contributed by atoms with E-state index in [0.717, 1.165) is 28.3 Å². The molecule has 0 atom stereocenters. The summed E-state index contributed by atoms with van der Waals surface area (Å²) in [5.74, 6) is 3.23. The molecule has 2 amide bonds. The zero-order chi connectivity index (χ0) is 32.5. The summed E-state index contributed by atoms with van der Waals surface area (Å²) in [6.07, 6.45) is 4.48. The van der Waals surface area contributed by atoms with Gasteiger partial charge in [-0.25, -0.2) is 23.7 Å². The number of carbonyl (C=O) groups is 2. The lowest BCUT2D eigenvalue weighted by Gasteiger charge is -2.08. The number of fused-ring (bicyclic) bond motifs is 1. The molecule has 0 spiro atoms. The van der Waals surface area contributed by atoms with E-state index in [1.165, 1.54) is 12.4 Å². The largest absolute Gasteiger partial charge is 0.396 e. The lowest BCUT2D eigenvalue weighted by atomic mass is 10.1. The molecular weight excluding hydrogens is 596 g/mol. The van der Waals surface area contributed by atoms with E-state index >= 15 is 0 Å². The molecule has 0 saturated carbocycles. The smallest absolute Gasteiger partial charge is 0.266 e. The van der Waals surface area contributed by atoms with Crippen LogP contribution in [0.1, 0.15) is 38.3 Å². The van der Waals surface area contributed by atoms with Crippen molar-refractivity contribution in [1.82, 2.24) is 30.2 Å². The summed E-state index contributed by atoms with van der Waals surface area (Å²) in [7, 11) is 0. The van der Waals surface area contributed by atoms with Crippen LogP contribution in [0.4, 0.5) is 20.4 Å². The average molecular weight is 624 g/mol. The number of rotatable bonds is 10. The number of nitrogens with zero attached hydrogens (tertiary/aromatic N) is 4. The van der Waals surface area contributed by atoms with Gasteiger partial charge in [-0.3, -0.25) is 19.0 Å². The number of aliphatic hydroxyl groups excluding tert-OH is 1. The molecule has 13 heteroatoms. The number of anilines is 2. The first-order chi connectivity index (χ1) is 22.3. The van der Waals surface area contributed by atoms with Crippen LogP contribution in [0.2, 0.25) is 0 Å². The van der Waals surface area contributed by atoms with Crippen LogP contribution >= 0.6 is 0 Å². The molecule has 4 N–H and O–H groups in total. The number of hydrogen-bond acceptors (Lipinski definition) is 8. The van der Waals surface area contributed by atoms with Crippen molar-refractivity contribution in [3.8, 4) is 11.8 Å². The number of amides is 2. The molecule has 0 aliphatic rings. The van der Waals surface area contributed by atoms with Crippen molar-refractivity contribution in [2.75, 3.05) is 25.0 Å². The summed E-state index contributed by atoms with van der Waals surface area (Å²) in [5.41, 5.74) is 2.02. The van der Waals surface area contributed by atoms with Gasteiger partial charge in [-0.2, -0.15) is 0 Å². The van der Waals surface area contributed by atoms with Crippen LogP contribution in [0.3, 0.4) is 0 Å². The molecule has 0 radical (unpaired) electrons. The van der Waals surface area contributed by atoms with E-state index in [1.807, 2.05) is 0 Å². The Labute approximate surface area is 261 Å². The lowest BCUT2D eigenvalue weighted by molar-refractivity contribution is 0.0945. The minimum Gasteiger partial charge on any atom is -0.396 e. The number of carbonyl (C=O) groups excluding carboxylic acids is 2. The molecule has 0 unspecified atom stereocenters. The first kappa shape index (κ1) is 31.4. The fourth-order valence-corrected chi connectivity index (χ4v) is 4.31. The van der Waals surface area contributed by atoms with Gasteiger partial charge in [0.25, 0.3) is 17.4 Å². The van der Waals surface area contributed by atoms with Crippen LogP contribution in [0, 0.1) is 23.5 Å². The fraction of sp³-hybridized carbons (Fsp3) is 0.152. The van der Waals surface area contributed by atoms with Gasteiger partial charge in [0.05, 0.1) is 24.9 Å². The van der Waals surface area contributed by atoms with E-state index in [-0.39, 0.29) is 31.2 Å². The molecule has 0 aliphatic heterocycles. The molecule has 0 bridgehead atoms. The number of halogens is 2. The Morgan fingerprint density at radius 3 is 2.54 bits per heavy atom. The first-order valence-electron chi connectivity index (χ1n) is 14.1. The van der Waals surface area contributed by atoms with E-state index < -0.39 is 23.1 Å². The maximum atomic E-state index is 13.5. The van der Waals surface area contributed by atoms with E-state index in [9.17, 15) is 23.2 Å². The van der Waals surface area contributed by atoms with Crippen molar-refractivity contribution >= 4 is 34.4 Å². The van der Waals surface area contributed by atoms with Crippen molar-refractivity contribution in [1.29, 1.82) is 0 Å². The zero-order valence-electron chi connectivity index (χ0n) is 24.3. The van der Waals surface area contributed by atoms with Gasteiger partial charge in [0, 0.05) is 47.7 Å². The molecule has 3 aromatic carbocycles. The van der Waals surface area contributed by atoms with Gasteiger partial charge in [0.15, 0.2) is 11.6 Å². The Hall–Kier alpha value is -6.00. The van der Waals surface area contributed by atoms with Crippen molar-refractivity contribution in [2.24, 2.45) is 0 Å². The summed E-state index contributed by atoms with van der Waals surface area (Å²) in [6.45, 7) is 0.273. The fourth-order valence-electron chi connectivity index (χ4n) is 4.31. The molecule has 0 saturated heterocycles. The molecular formula is C33H27F2N7O4. The van der Waals surface area contributed by atoms with Crippen LogP contribution in [0.25, 0.3) is 10.9 Å². The minimum atomic E-state index is -1.04. The lowest BCUT2D eigenvalue weighted by Crippen LogP contribution is -2.33. The third-order valence-corrected chi connectivity index (χ3v) is 6.66. The Kier molecular flexibility index (Phi) is 10.0. The molecule has 0 fully saturated rings. The van der Waals surface area contributed by atoms with Gasteiger partial charge in [0.1, 0.15) is 5.56 Å². The first-order valence-corrected chi connectivity index (χ1v) is 14.1. The highest BCUT2D eigenvalue weighted by Gasteiger charge is 2.13. The maximum absolute atomic E-state index is 13.5. The Morgan fingerprint density at radius 1 is 0.935 bits per heavy atom. The van der Waals surface area contributed by atoms with E-state index in [0.29, 0.717) is 46.8 Å². The zero-order valence-corrected chi connectivity index (χ0v) is 24.3.